The Balaban J connectivity index is 2.30. The molecule has 2 aliphatic carbocycles. The van der Waals surface area contributed by atoms with E-state index in [1.54, 1.807) is 0 Å². The molecule has 0 aromatic rings. The van der Waals surface area contributed by atoms with Crippen LogP contribution in [0.4, 0.5) is 0 Å². The minimum absolute atomic E-state index is 0.217. The molecule has 2 heteroatoms. The Morgan fingerprint density at radius 1 is 1.57 bits per heavy atom. The lowest BCUT2D eigenvalue weighted by Crippen LogP contribution is -2.39. The lowest BCUT2D eigenvalue weighted by Gasteiger charge is -2.42. The van der Waals surface area contributed by atoms with Crippen molar-refractivity contribution >= 4 is 6.29 Å². The number of aldehydes is 1. The van der Waals surface area contributed by atoms with Crippen LogP contribution in [-0.4, -0.2) is 17.5 Å². The first-order chi connectivity index (χ1) is 6.67. The molecule has 0 aromatic heterocycles. The van der Waals surface area contributed by atoms with E-state index in [-0.39, 0.29) is 11.5 Å². The van der Waals surface area contributed by atoms with Crippen LogP contribution in [0.1, 0.15) is 39.0 Å². The van der Waals surface area contributed by atoms with E-state index < -0.39 is 0 Å². The van der Waals surface area contributed by atoms with E-state index in [0.29, 0.717) is 5.92 Å². The van der Waals surface area contributed by atoms with Gasteiger partial charge in [-0.05, 0) is 43.6 Å². The van der Waals surface area contributed by atoms with Crippen LogP contribution in [-0.2, 0) is 4.79 Å². The summed E-state index contributed by atoms with van der Waals surface area (Å²) in [7, 11) is 0. The minimum Gasteiger partial charge on any atom is -0.389 e. The fraction of sp³-hybridized carbons (Fsp3) is 0.750. The first-order valence-electron chi connectivity index (χ1n) is 5.52. The van der Waals surface area contributed by atoms with E-state index in [0.717, 1.165) is 44.0 Å². The third kappa shape index (κ3) is 1.42. The molecule has 14 heavy (non-hydrogen) atoms. The predicted octanol–water partition coefficient (Wildman–Crippen LogP) is 2.07. The molecule has 2 nitrogen and oxygen atoms in total. The van der Waals surface area contributed by atoms with E-state index in [4.69, 9.17) is 0 Å². The van der Waals surface area contributed by atoms with Crippen molar-refractivity contribution in [3.05, 3.63) is 11.6 Å². The summed E-state index contributed by atoms with van der Waals surface area (Å²) in [5, 5.41) is 9.85. The number of hydrogen-bond donors (Lipinski definition) is 1. The quantitative estimate of drug-likeness (QED) is 0.512. The largest absolute Gasteiger partial charge is 0.389 e. The van der Waals surface area contributed by atoms with Gasteiger partial charge in [0.25, 0.3) is 0 Å². The van der Waals surface area contributed by atoms with Crippen LogP contribution in [0.15, 0.2) is 11.6 Å². The van der Waals surface area contributed by atoms with Crippen LogP contribution in [0.3, 0.4) is 0 Å². The molecule has 0 aromatic carbocycles. The number of hydrogen-bond acceptors (Lipinski definition) is 2. The Bertz CT molecular complexity index is 269. The topological polar surface area (TPSA) is 37.3 Å². The van der Waals surface area contributed by atoms with Crippen LogP contribution in [0, 0.1) is 11.3 Å². The van der Waals surface area contributed by atoms with Crippen molar-refractivity contribution in [3.63, 3.8) is 0 Å². The number of aliphatic hydroxyl groups excluding tert-OH is 1. The molecular formula is C12H18O2. The molecule has 1 fully saturated rings. The third-order valence-corrected chi connectivity index (χ3v) is 3.89. The first kappa shape index (κ1) is 9.91. The fourth-order valence-corrected chi connectivity index (χ4v) is 2.93. The lowest BCUT2D eigenvalue weighted by molar-refractivity contribution is -0.118. The van der Waals surface area contributed by atoms with Crippen molar-refractivity contribution in [1.29, 1.82) is 0 Å². The fourth-order valence-electron chi connectivity index (χ4n) is 2.93. The van der Waals surface area contributed by atoms with Gasteiger partial charge in [0.2, 0.25) is 0 Å². The monoisotopic (exact) mass is 194 g/mol. The van der Waals surface area contributed by atoms with Crippen molar-refractivity contribution in [2.45, 2.75) is 45.1 Å². The summed E-state index contributed by atoms with van der Waals surface area (Å²) in [6.45, 7) is 2.04. The molecule has 0 heterocycles. The number of rotatable bonds is 1. The molecule has 2 aliphatic rings. The molecule has 0 radical (unpaired) electrons. The Morgan fingerprint density at radius 3 is 3.07 bits per heavy atom. The highest BCUT2D eigenvalue weighted by molar-refractivity contribution is 5.61. The number of carbonyl (C=O) groups is 1. The van der Waals surface area contributed by atoms with E-state index in [2.05, 4.69) is 6.08 Å². The summed E-state index contributed by atoms with van der Waals surface area (Å²) in [6, 6.07) is 0. The second-order valence-corrected chi connectivity index (χ2v) is 4.87. The molecule has 3 atom stereocenters. The maximum Gasteiger partial charge on any atom is 0.126 e. The van der Waals surface area contributed by atoms with Crippen LogP contribution >= 0.6 is 0 Å². The van der Waals surface area contributed by atoms with E-state index >= 15 is 0 Å². The van der Waals surface area contributed by atoms with Gasteiger partial charge >= 0.3 is 0 Å². The summed E-state index contributed by atoms with van der Waals surface area (Å²) in [6.07, 6.45) is 7.84. The average Bonchev–Trinajstić information content (AvgIpc) is 2.20. The molecule has 0 aliphatic heterocycles. The molecule has 0 spiro atoms. The highest BCUT2D eigenvalue weighted by Gasteiger charge is 2.41. The Labute approximate surface area is 85.0 Å². The van der Waals surface area contributed by atoms with Crippen molar-refractivity contribution in [1.82, 2.24) is 0 Å². The summed E-state index contributed by atoms with van der Waals surface area (Å²) in [5.41, 5.74) is 0.919. The zero-order chi connectivity index (χ0) is 10.2. The van der Waals surface area contributed by atoms with Crippen LogP contribution in [0.2, 0.25) is 0 Å². The molecule has 0 saturated heterocycles. The van der Waals surface area contributed by atoms with Crippen molar-refractivity contribution in [3.8, 4) is 0 Å². The van der Waals surface area contributed by atoms with Gasteiger partial charge in [-0.3, -0.25) is 0 Å². The zero-order valence-electron chi connectivity index (χ0n) is 8.70. The van der Waals surface area contributed by atoms with E-state index in [1.165, 1.54) is 0 Å². The summed E-state index contributed by atoms with van der Waals surface area (Å²) >= 11 is 0. The van der Waals surface area contributed by atoms with Gasteiger partial charge < -0.3 is 9.90 Å². The molecular weight excluding hydrogens is 176 g/mol. The first-order valence-corrected chi connectivity index (χ1v) is 5.52. The maximum atomic E-state index is 11.1. The molecule has 1 N–H and O–H groups in total. The SMILES string of the molecule is C[C@@]1(C=O)CCC=C2[C@H](O)CCC[C@@H]21. The smallest absolute Gasteiger partial charge is 0.126 e. The summed E-state index contributed by atoms with van der Waals surface area (Å²) in [5.74, 6) is 0.303. The minimum atomic E-state index is -0.284. The number of allylic oxidation sites excluding steroid dienone is 1. The Hall–Kier alpha value is -0.630. The highest BCUT2D eigenvalue weighted by Crippen LogP contribution is 2.46. The molecule has 2 rings (SSSR count). The summed E-state index contributed by atoms with van der Waals surface area (Å²) < 4.78 is 0. The van der Waals surface area contributed by atoms with Gasteiger partial charge in [0.15, 0.2) is 0 Å². The van der Waals surface area contributed by atoms with Gasteiger partial charge in [0.05, 0.1) is 6.10 Å². The number of fused-ring (bicyclic) bond motifs is 1. The number of aliphatic hydroxyl groups is 1. The van der Waals surface area contributed by atoms with Gasteiger partial charge in [-0.25, -0.2) is 0 Å². The van der Waals surface area contributed by atoms with Gasteiger partial charge in [-0.15, -0.1) is 0 Å². The zero-order valence-corrected chi connectivity index (χ0v) is 8.70. The van der Waals surface area contributed by atoms with Crippen molar-refractivity contribution in [2.24, 2.45) is 11.3 Å². The van der Waals surface area contributed by atoms with Crippen LogP contribution < -0.4 is 0 Å². The van der Waals surface area contributed by atoms with Gasteiger partial charge in [0, 0.05) is 5.41 Å². The van der Waals surface area contributed by atoms with E-state index in [9.17, 15) is 9.90 Å². The molecule has 0 unspecified atom stereocenters. The van der Waals surface area contributed by atoms with Crippen molar-refractivity contribution < 1.29 is 9.90 Å². The van der Waals surface area contributed by atoms with Gasteiger partial charge in [-0.2, -0.15) is 0 Å². The van der Waals surface area contributed by atoms with Gasteiger partial charge in [-0.1, -0.05) is 13.0 Å². The molecule has 1 saturated carbocycles. The molecule has 0 bridgehead atoms. The van der Waals surface area contributed by atoms with E-state index in [1.807, 2.05) is 6.92 Å². The maximum absolute atomic E-state index is 11.1. The van der Waals surface area contributed by atoms with Gasteiger partial charge in [0.1, 0.15) is 6.29 Å². The number of carbonyl (C=O) groups excluding carboxylic acids is 1. The van der Waals surface area contributed by atoms with Crippen LogP contribution in [0.5, 0.6) is 0 Å². The lowest BCUT2D eigenvalue weighted by atomic mass is 9.62. The Morgan fingerprint density at radius 2 is 2.36 bits per heavy atom. The summed E-state index contributed by atoms with van der Waals surface area (Å²) in [4.78, 5) is 11.1. The average molecular weight is 194 g/mol. The van der Waals surface area contributed by atoms with Crippen molar-refractivity contribution in [2.75, 3.05) is 0 Å². The highest BCUT2D eigenvalue weighted by atomic mass is 16.3. The normalized spacial score (nSPS) is 42.6. The third-order valence-electron chi connectivity index (χ3n) is 3.89. The second-order valence-electron chi connectivity index (χ2n) is 4.87. The predicted molar refractivity (Wildman–Crippen MR) is 54.8 cm³/mol. The molecule has 0 amide bonds. The standard InChI is InChI=1S/C12H18O2/c1-12(8-13)7-3-4-9-10(12)5-2-6-11(9)14/h4,8,10-11,14H,2-3,5-7H2,1H3/t10-,11+,12-/m0/s1. The van der Waals surface area contributed by atoms with Crippen LogP contribution in [0.25, 0.3) is 0 Å². The molecule has 78 valence electrons. The Kier molecular flexibility index (Phi) is 2.48. The second kappa shape index (κ2) is 3.50.